The summed E-state index contributed by atoms with van der Waals surface area (Å²) in [7, 11) is 0. The van der Waals surface area contributed by atoms with Crippen molar-refractivity contribution in [3.63, 3.8) is 0 Å². The van der Waals surface area contributed by atoms with Crippen molar-refractivity contribution < 1.29 is 0 Å². The number of rotatable bonds is 19. The first kappa shape index (κ1) is 34.8. The van der Waals surface area contributed by atoms with Crippen LogP contribution in [0.15, 0.2) is 97.1 Å². The van der Waals surface area contributed by atoms with Gasteiger partial charge in [-0.1, -0.05) is 150 Å². The normalized spacial score (nSPS) is 11.5. The van der Waals surface area contributed by atoms with Crippen molar-refractivity contribution in [2.45, 2.75) is 79.1 Å². The van der Waals surface area contributed by atoms with E-state index in [2.05, 4.69) is 159 Å². The highest BCUT2D eigenvalue weighted by molar-refractivity contribution is 5.75. The van der Waals surface area contributed by atoms with Crippen LogP contribution in [-0.2, 0) is 0 Å². The maximum atomic E-state index is 2.54. The van der Waals surface area contributed by atoms with Gasteiger partial charge in [0, 0.05) is 37.6 Å². The van der Waals surface area contributed by atoms with Crippen LogP contribution in [0.4, 0.5) is 11.4 Å². The minimum absolute atomic E-state index is 1.14. The Kier molecular flexibility index (Phi) is 14.7. The van der Waals surface area contributed by atoms with Crippen LogP contribution in [0.1, 0.15) is 101 Å². The molecule has 4 rings (SSSR count). The van der Waals surface area contributed by atoms with E-state index in [9.17, 15) is 0 Å². The topological polar surface area (TPSA) is 6.48 Å². The van der Waals surface area contributed by atoms with Crippen LogP contribution in [-0.4, -0.2) is 26.2 Å². The van der Waals surface area contributed by atoms with E-state index in [4.69, 9.17) is 0 Å². The summed E-state index contributed by atoms with van der Waals surface area (Å²) in [5.74, 6) is 0. The van der Waals surface area contributed by atoms with E-state index in [1.165, 1.54) is 96.1 Å². The van der Waals surface area contributed by atoms with E-state index in [1.54, 1.807) is 0 Å². The summed E-state index contributed by atoms with van der Waals surface area (Å²) < 4.78 is 0. The molecule has 0 aromatic heterocycles. The number of anilines is 2. The second-order valence-corrected chi connectivity index (χ2v) is 12.5. The van der Waals surface area contributed by atoms with Gasteiger partial charge in [-0.2, -0.15) is 0 Å². The minimum Gasteiger partial charge on any atom is -0.372 e. The molecule has 0 heterocycles. The van der Waals surface area contributed by atoms with E-state index in [1.807, 2.05) is 0 Å². The summed E-state index contributed by atoms with van der Waals surface area (Å²) in [6.45, 7) is 13.6. The first-order chi connectivity index (χ1) is 22.6. The van der Waals surface area contributed by atoms with Crippen molar-refractivity contribution in [1.82, 2.24) is 0 Å². The lowest BCUT2D eigenvalue weighted by Gasteiger charge is -2.24. The molecule has 4 aromatic carbocycles. The molecule has 0 amide bonds. The Morgan fingerprint density at radius 2 is 0.587 bits per heavy atom. The van der Waals surface area contributed by atoms with Crippen LogP contribution in [0.2, 0.25) is 0 Å². The number of benzene rings is 4. The predicted molar refractivity (Wildman–Crippen MR) is 207 cm³/mol. The van der Waals surface area contributed by atoms with Gasteiger partial charge in [-0.05, 0) is 83.3 Å². The molecule has 0 saturated heterocycles. The van der Waals surface area contributed by atoms with Crippen molar-refractivity contribution in [3.8, 4) is 11.1 Å². The van der Waals surface area contributed by atoms with Gasteiger partial charge in [0.15, 0.2) is 0 Å². The Morgan fingerprint density at radius 1 is 0.348 bits per heavy atom. The molecule has 0 aliphatic rings. The molecule has 0 N–H and O–H groups in total. The summed E-state index contributed by atoms with van der Waals surface area (Å²) in [6, 6.07) is 35.8. The van der Waals surface area contributed by atoms with Crippen molar-refractivity contribution in [2.75, 3.05) is 36.0 Å². The Labute approximate surface area is 280 Å². The summed E-state index contributed by atoms with van der Waals surface area (Å²) in [4.78, 5) is 5.08. The molecule has 0 radical (unpaired) electrons. The van der Waals surface area contributed by atoms with Crippen LogP contribution in [0.25, 0.3) is 35.4 Å². The highest BCUT2D eigenvalue weighted by Crippen LogP contribution is 2.24. The molecular weight excluding hydrogens is 556 g/mol. The van der Waals surface area contributed by atoms with Crippen LogP contribution in [0.3, 0.4) is 0 Å². The van der Waals surface area contributed by atoms with Crippen molar-refractivity contribution in [2.24, 2.45) is 0 Å². The van der Waals surface area contributed by atoms with Gasteiger partial charge in [0.2, 0.25) is 0 Å². The first-order valence-corrected chi connectivity index (χ1v) is 17.9. The molecular formula is C44H56N2. The quantitative estimate of drug-likeness (QED) is 0.0972. The van der Waals surface area contributed by atoms with Crippen LogP contribution in [0, 0.1) is 0 Å². The third-order valence-corrected chi connectivity index (χ3v) is 8.73. The van der Waals surface area contributed by atoms with E-state index in [0.29, 0.717) is 0 Å². The van der Waals surface area contributed by atoms with Gasteiger partial charge < -0.3 is 9.80 Å². The number of hydrogen-bond donors (Lipinski definition) is 0. The molecule has 2 heteroatoms. The Hall–Kier alpha value is -4.04. The SMILES string of the molecule is CCCCN(CCCC)c1ccc(/C=C/c2ccc(-c3ccc(/C=C/c4ccc(N(CCCC)CCCC)cc4)cc3)cc2)cc1. The monoisotopic (exact) mass is 612 g/mol. The average molecular weight is 613 g/mol. The zero-order valence-electron chi connectivity index (χ0n) is 28.9. The van der Waals surface area contributed by atoms with Gasteiger partial charge in [-0.15, -0.1) is 0 Å². The Bertz CT molecular complexity index is 1310. The van der Waals surface area contributed by atoms with Crippen molar-refractivity contribution in [3.05, 3.63) is 119 Å². The summed E-state index contributed by atoms with van der Waals surface area (Å²) in [6.07, 6.45) is 18.8. The average Bonchev–Trinajstić information content (AvgIpc) is 3.11. The lowest BCUT2D eigenvalue weighted by Crippen LogP contribution is -2.25. The van der Waals surface area contributed by atoms with Crippen LogP contribution in [0.5, 0.6) is 0 Å². The molecule has 0 spiro atoms. The summed E-state index contributed by atoms with van der Waals surface area (Å²) in [5, 5.41) is 0. The minimum atomic E-state index is 1.14. The zero-order chi connectivity index (χ0) is 32.4. The lowest BCUT2D eigenvalue weighted by atomic mass is 10.0. The molecule has 0 unspecified atom stereocenters. The zero-order valence-corrected chi connectivity index (χ0v) is 28.9. The summed E-state index contributed by atoms with van der Waals surface area (Å²) in [5.41, 5.74) is 10.1. The molecule has 0 fully saturated rings. The number of hydrogen-bond acceptors (Lipinski definition) is 2. The lowest BCUT2D eigenvalue weighted by molar-refractivity contribution is 0.678. The van der Waals surface area contributed by atoms with Gasteiger partial charge in [0.1, 0.15) is 0 Å². The van der Waals surface area contributed by atoms with E-state index in [-0.39, 0.29) is 0 Å². The fraction of sp³-hybridized carbons (Fsp3) is 0.364. The largest absolute Gasteiger partial charge is 0.372 e. The van der Waals surface area contributed by atoms with Crippen LogP contribution < -0.4 is 9.80 Å². The number of nitrogens with zero attached hydrogens (tertiary/aromatic N) is 2. The van der Waals surface area contributed by atoms with Gasteiger partial charge >= 0.3 is 0 Å². The molecule has 0 saturated carbocycles. The molecule has 0 bridgehead atoms. The Morgan fingerprint density at radius 3 is 0.826 bits per heavy atom. The standard InChI is InChI=1S/C44H56N2/c1-5-9-33-45(34-10-6-2)43-29-21-39(22-30-43)15-13-37-17-25-41(26-18-37)42-27-19-38(20-28-42)14-16-40-23-31-44(32-24-40)46(35-11-7-3)36-12-8-4/h13-32H,5-12,33-36H2,1-4H3/b15-13+,16-14+. The van der Waals surface area contributed by atoms with Crippen molar-refractivity contribution >= 4 is 35.7 Å². The highest BCUT2D eigenvalue weighted by atomic mass is 15.1. The molecule has 2 nitrogen and oxygen atoms in total. The predicted octanol–water partition coefficient (Wildman–Crippen LogP) is 12.5. The third kappa shape index (κ3) is 11.1. The second-order valence-electron chi connectivity index (χ2n) is 12.5. The van der Waals surface area contributed by atoms with E-state index >= 15 is 0 Å². The molecule has 242 valence electrons. The van der Waals surface area contributed by atoms with Gasteiger partial charge in [0.25, 0.3) is 0 Å². The highest BCUT2D eigenvalue weighted by Gasteiger charge is 2.06. The van der Waals surface area contributed by atoms with Gasteiger partial charge in [-0.25, -0.2) is 0 Å². The maximum Gasteiger partial charge on any atom is 0.0366 e. The molecule has 0 aliphatic carbocycles. The first-order valence-electron chi connectivity index (χ1n) is 17.9. The fourth-order valence-electron chi connectivity index (χ4n) is 5.69. The van der Waals surface area contributed by atoms with Gasteiger partial charge in [0.05, 0.1) is 0 Å². The fourth-order valence-corrected chi connectivity index (χ4v) is 5.69. The molecule has 46 heavy (non-hydrogen) atoms. The van der Waals surface area contributed by atoms with Gasteiger partial charge in [-0.3, -0.25) is 0 Å². The smallest absolute Gasteiger partial charge is 0.0366 e. The number of unbranched alkanes of at least 4 members (excludes halogenated alkanes) is 4. The van der Waals surface area contributed by atoms with E-state index in [0.717, 1.165) is 26.2 Å². The maximum absolute atomic E-state index is 2.54. The summed E-state index contributed by atoms with van der Waals surface area (Å²) >= 11 is 0. The van der Waals surface area contributed by atoms with Crippen LogP contribution >= 0.6 is 0 Å². The molecule has 0 atom stereocenters. The third-order valence-electron chi connectivity index (χ3n) is 8.73. The molecule has 0 aliphatic heterocycles. The molecule has 4 aromatic rings. The Balaban J connectivity index is 1.32. The van der Waals surface area contributed by atoms with E-state index < -0.39 is 0 Å². The van der Waals surface area contributed by atoms with Crippen molar-refractivity contribution in [1.29, 1.82) is 0 Å². The second kappa shape index (κ2) is 19.5.